The van der Waals surface area contributed by atoms with E-state index >= 15 is 0 Å². The van der Waals surface area contributed by atoms with Crippen LogP contribution in [0.5, 0.6) is 0 Å². The van der Waals surface area contributed by atoms with E-state index in [9.17, 15) is 9.59 Å². The molecule has 0 saturated carbocycles. The molecular weight excluding hydrogens is 280 g/mol. The lowest BCUT2D eigenvalue weighted by Gasteiger charge is -2.36. The van der Waals surface area contributed by atoms with Crippen molar-refractivity contribution in [1.29, 1.82) is 0 Å². The van der Waals surface area contributed by atoms with Gasteiger partial charge in [-0.3, -0.25) is 9.59 Å². The highest BCUT2D eigenvalue weighted by atomic mass is 32.1. The standard InChI is InChI=1S/C12H18N4O3S/c1-5-3-16(4-6(2)19-5)12-7(10(14)17)8(13)9(20-12)11(15)18/h5-6H,3-4,13H2,1-2H3,(H2,14,17)(H2,15,18). The Hall–Kier alpha value is -1.80. The van der Waals surface area contributed by atoms with Gasteiger partial charge in [-0.15, -0.1) is 11.3 Å². The molecular formula is C12H18N4O3S. The molecule has 110 valence electrons. The Morgan fingerprint density at radius 1 is 1.20 bits per heavy atom. The van der Waals surface area contributed by atoms with Crippen molar-refractivity contribution in [3.8, 4) is 0 Å². The number of amides is 2. The fourth-order valence-corrected chi connectivity index (χ4v) is 3.52. The molecule has 6 N–H and O–H groups in total. The van der Waals surface area contributed by atoms with Gasteiger partial charge in [-0.2, -0.15) is 0 Å². The number of nitrogen functional groups attached to an aromatic ring is 1. The van der Waals surface area contributed by atoms with Gasteiger partial charge < -0.3 is 26.8 Å². The number of rotatable bonds is 3. The molecule has 0 bridgehead atoms. The van der Waals surface area contributed by atoms with Gasteiger partial charge in [0.05, 0.1) is 23.5 Å². The molecule has 0 spiro atoms. The van der Waals surface area contributed by atoms with Crippen LogP contribution in [0.2, 0.25) is 0 Å². The van der Waals surface area contributed by atoms with Gasteiger partial charge in [0.2, 0.25) is 0 Å². The van der Waals surface area contributed by atoms with Crippen molar-refractivity contribution < 1.29 is 14.3 Å². The summed E-state index contributed by atoms with van der Waals surface area (Å²) in [7, 11) is 0. The minimum absolute atomic E-state index is 0.0137. The molecule has 1 aliphatic heterocycles. The van der Waals surface area contributed by atoms with E-state index in [-0.39, 0.29) is 28.3 Å². The Kier molecular flexibility index (Phi) is 3.87. The molecule has 1 aromatic rings. The quantitative estimate of drug-likeness (QED) is 0.732. The average molecular weight is 298 g/mol. The van der Waals surface area contributed by atoms with Crippen LogP contribution in [-0.4, -0.2) is 37.1 Å². The predicted octanol–water partition coefficient (Wildman–Crippen LogP) is 0.142. The summed E-state index contributed by atoms with van der Waals surface area (Å²) in [6.45, 7) is 5.09. The Morgan fingerprint density at radius 2 is 1.75 bits per heavy atom. The van der Waals surface area contributed by atoms with Gasteiger partial charge >= 0.3 is 0 Å². The first-order valence-corrected chi connectivity index (χ1v) is 7.05. The van der Waals surface area contributed by atoms with E-state index in [1.54, 1.807) is 0 Å². The lowest BCUT2D eigenvalue weighted by atomic mass is 10.2. The molecule has 2 heterocycles. The second-order valence-corrected chi connectivity index (χ2v) is 5.91. The fraction of sp³-hybridized carbons (Fsp3) is 0.500. The third-order valence-corrected chi connectivity index (χ3v) is 4.38. The molecule has 0 aliphatic carbocycles. The number of ether oxygens (including phenoxy) is 1. The van der Waals surface area contributed by atoms with E-state index in [1.807, 2.05) is 18.7 Å². The van der Waals surface area contributed by atoms with Crippen molar-refractivity contribution in [3.63, 3.8) is 0 Å². The predicted molar refractivity (Wildman–Crippen MR) is 78.0 cm³/mol. The monoisotopic (exact) mass is 298 g/mol. The number of thiophene rings is 1. The van der Waals surface area contributed by atoms with E-state index in [0.29, 0.717) is 18.1 Å². The summed E-state index contributed by atoms with van der Waals surface area (Å²) >= 11 is 1.10. The lowest BCUT2D eigenvalue weighted by Crippen LogP contribution is -2.45. The molecule has 2 atom stereocenters. The van der Waals surface area contributed by atoms with Gasteiger partial charge in [0, 0.05) is 13.1 Å². The summed E-state index contributed by atoms with van der Waals surface area (Å²) in [6, 6.07) is 0. The summed E-state index contributed by atoms with van der Waals surface area (Å²) in [5, 5.41) is 0.589. The van der Waals surface area contributed by atoms with Crippen LogP contribution >= 0.6 is 11.3 Å². The smallest absolute Gasteiger partial charge is 0.260 e. The fourth-order valence-electron chi connectivity index (χ4n) is 2.42. The largest absolute Gasteiger partial charge is 0.397 e. The van der Waals surface area contributed by atoms with Crippen LogP contribution in [0.15, 0.2) is 0 Å². The maximum Gasteiger partial charge on any atom is 0.260 e. The number of morpholine rings is 1. The molecule has 0 radical (unpaired) electrons. The molecule has 0 aromatic carbocycles. The number of nitrogens with two attached hydrogens (primary N) is 3. The van der Waals surface area contributed by atoms with E-state index in [1.165, 1.54) is 0 Å². The van der Waals surface area contributed by atoms with Crippen molar-refractivity contribution in [2.24, 2.45) is 11.5 Å². The van der Waals surface area contributed by atoms with Crippen LogP contribution in [-0.2, 0) is 4.74 Å². The third kappa shape index (κ3) is 2.56. The SMILES string of the molecule is CC1CN(c2sc(C(N)=O)c(N)c2C(N)=O)CC(C)O1. The topological polar surface area (TPSA) is 125 Å². The van der Waals surface area contributed by atoms with Crippen LogP contribution in [0.25, 0.3) is 0 Å². The molecule has 1 saturated heterocycles. The molecule has 1 aliphatic rings. The molecule has 1 aromatic heterocycles. The highest BCUT2D eigenvalue weighted by Gasteiger charge is 2.30. The molecule has 7 nitrogen and oxygen atoms in total. The Balaban J connectivity index is 2.47. The maximum atomic E-state index is 11.6. The maximum absolute atomic E-state index is 11.6. The van der Waals surface area contributed by atoms with Gasteiger partial charge in [0.15, 0.2) is 0 Å². The van der Waals surface area contributed by atoms with Crippen LogP contribution in [0.1, 0.15) is 33.9 Å². The molecule has 20 heavy (non-hydrogen) atoms. The zero-order valence-corrected chi connectivity index (χ0v) is 12.2. The van der Waals surface area contributed by atoms with Crippen LogP contribution in [0.3, 0.4) is 0 Å². The number of nitrogens with zero attached hydrogens (tertiary/aromatic N) is 1. The van der Waals surface area contributed by atoms with Gasteiger partial charge in [-0.05, 0) is 13.8 Å². The number of carbonyl (C=O) groups is 2. The first-order chi connectivity index (χ1) is 9.31. The summed E-state index contributed by atoms with van der Waals surface area (Å²) in [5.74, 6) is -1.32. The molecule has 8 heteroatoms. The average Bonchev–Trinajstić information content (AvgIpc) is 2.65. The molecule has 2 rings (SSSR count). The van der Waals surface area contributed by atoms with Crippen molar-refractivity contribution in [3.05, 3.63) is 10.4 Å². The summed E-state index contributed by atoms with van der Waals surface area (Å²) in [4.78, 5) is 25.1. The van der Waals surface area contributed by atoms with E-state index < -0.39 is 11.8 Å². The first kappa shape index (κ1) is 14.6. The molecule has 2 amide bonds. The van der Waals surface area contributed by atoms with Crippen molar-refractivity contribution in [2.75, 3.05) is 23.7 Å². The minimum atomic E-state index is -0.659. The van der Waals surface area contributed by atoms with Crippen molar-refractivity contribution in [2.45, 2.75) is 26.1 Å². The number of carbonyl (C=O) groups excluding carboxylic acids is 2. The number of hydrogen-bond acceptors (Lipinski definition) is 6. The summed E-state index contributed by atoms with van der Waals surface area (Å²) < 4.78 is 5.65. The van der Waals surface area contributed by atoms with Crippen LogP contribution in [0.4, 0.5) is 10.7 Å². The Labute approximate surface area is 120 Å². The van der Waals surface area contributed by atoms with E-state index in [2.05, 4.69) is 0 Å². The lowest BCUT2D eigenvalue weighted by molar-refractivity contribution is -0.00505. The van der Waals surface area contributed by atoms with Gasteiger partial charge in [-0.25, -0.2) is 0 Å². The summed E-state index contributed by atoms with van der Waals surface area (Å²) in [5.41, 5.74) is 16.7. The summed E-state index contributed by atoms with van der Waals surface area (Å²) in [6.07, 6.45) is 0.0275. The minimum Gasteiger partial charge on any atom is -0.397 e. The normalized spacial score (nSPS) is 22.8. The van der Waals surface area contributed by atoms with E-state index in [0.717, 1.165) is 11.3 Å². The van der Waals surface area contributed by atoms with Crippen molar-refractivity contribution in [1.82, 2.24) is 0 Å². The highest BCUT2D eigenvalue weighted by Crippen LogP contribution is 2.38. The van der Waals surface area contributed by atoms with Crippen LogP contribution in [0, 0.1) is 0 Å². The zero-order chi connectivity index (χ0) is 15.0. The van der Waals surface area contributed by atoms with Gasteiger partial charge in [0.25, 0.3) is 11.8 Å². The third-order valence-electron chi connectivity index (χ3n) is 3.10. The number of hydrogen-bond donors (Lipinski definition) is 3. The number of primary amides is 2. The van der Waals surface area contributed by atoms with Gasteiger partial charge in [-0.1, -0.05) is 0 Å². The molecule has 2 unspecified atom stereocenters. The number of anilines is 2. The van der Waals surface area contributed by atoms with Crippen LogP contribution < -0.4 is 22.1 Å². The second-order valence-electron chi connectivity index (χ2n) is 4.92. The Bertz CT molecular complexity index is 547. The van der Waals surface area contributed by atoms with Crippen molar-refractivity contribution >= 4 is 33.8 Å². The Morgan fingerprint density at radius 3 is 2.20 bits per heavy atom. The van der Waals surface area contributed by atoms with E-state index in [4.69, 9.17) is 21.9 Å². The second kappa shape index (κ2) is 5.29. The zero-order valence-electron chi connectivity index (χ0n) is 11.4. The highest BCUT2D eigenvalue weighted by molar-refractivity contribution is 7.19. The first-order valence-electron chi connectivity index (χ1n) is 6.23. The van der Waals surface area contributed by atoms with Gasteiger partial charge in [0.1, 0.15) is 9.88 Å². The molecule has 1 fully saturated rings.